The largest absolute Gasteiger partial charge is 0.417 e. The van der Waals surface area contributed by atoms with Crippen LogP contribution in [0.15, 0.2) is 48.7 Å². The van der Waals surface area contributed by atoms with Gasteiger partial charge in [0.25, 0.3) is 5.91 Å². The Hall–Kier alpha value is -3.13. The number of pyridine rings is 1. The average Bonchev–Trinajstić information content (AvgIpc) is 2.72. The number of aromatic nitrogens is 1. The van der Waals surface area contributed by atoms with E-state index >= 15 is 0 Å². The summed E-state index contributed by atoms with van der Waals surface area (Å²) in [6.07, 6.45) is -2.94. The molecule has 5 nitrogen and oxygen atoms in total. The van der Waals surface area contributed by atoms with Crippen LogP contribution in [-0.2, 0) is 6.18 Å². The molecular weight excluding hydrogens is 393 g/mol. The Kier molecular flexibility index (Phi) is 6.56. The minimum atomic E-state index is -4.62. The van der Waals surface area contributed by atoms with E-state index in [4.69, 9.17) is 0 Å². The third-order valence-electron chi connectivity index (χ3n) is 4.67. The molecule has 0 aliphatic rings. The maximum absolute atomic E-state index is 13.3. The van der Waals surface area contributed by atoms with Crippen molar-refractivity contribution in [3.63, 3.8) is 0 Å². The number of para-hydroxylation sites is 1. The van der Waals surface area contributed by atoms with Crippen molar-refractivity contribution in [2.75, 3.05) is 30.3 Å². The predicted octanol–water partition coefficient (Wildman–Crippen LogP) is 4.84. The van der Waals surface area contributed by atoms with Crippen LogP contribution in [0.2, 0.25) is 0 Å². The lowest BCUT2D eigenvalue weighted by atomic mass is 10.1. The molecule has 2 aromatic carbocycles. The van der Waals surface area contributed by atoms with Crippen molar-refractivity contribution in [1.29, 1.82) is 0 Å². The first-order chi connectivity index (χ1) is 14.3. The molecule has 3 aromatic rings. The molecule has 0 saturated heterocycles. The van der Waals surface area contributed by atoms with Crippen LogP contribution in [0.1, 0.15) is 28.4 Å². The van der Waals surface area contributed by atoms with Crippen molar-refractivity contribution in [3.8, 4) is 0 Å². The average molecular weight is 416 g/mol. The molecule has 1 amide bonds. The van der Waals surface area contributed by atoms with Crippen molar-refractivity contribution in [2.45, 2.75) is 20.0 Å². The Bertz CT molecular complexity index is 1050. The van der Waals surface area contributed by atoms with E-state index in [0.29, 0.717) is 17.7 Å². The molecule has 0 aliphatic heterocycles. The van der Waals surface area contributed by atoms with Crippen LogP contribution in [0, 0.1) is 6.92 Å². The van der Waals surface area contributed by atoms with Gasteiger partial charge in [0.15, 0.2) is 0 Å². The van der Waals surface area contributed by atoms with Crippen LogP contribution in [-0.4, -0.2) is 30.5 Å². The number of aryl methyl sites for hydroxylation is 1. The highest BCUT2D eigenvalue weighted by molar-refractivity contribution is 6.10. The highest BCUT2D eigenvalue weighted by Gasteiger charge is 2.34. The number of carbonyl (C=O) groups excluding carboxylic acids is 1. The van der Waals surface area contributed by atoms with Crippen molar-refractivity contribution in [3.05, 3.63) is 65.4 Å². The predicted molar refractivity (Wildman–Crippen MR) is 113 cm³/mol. The Morgan fingerprint density at radius 1 is 1.07 bits per heavy atom. The van der Waals surface area contributed by atoms with E-state index in [1.807, 2.05) is 19.9 Å². The summed E-state index contributed by atoms with van der Waals surface area (Å²) >= 11 is 0. The van der Waals surface area contributed by atoms with Gasteiger partial charge in [-0.25, -0.2) is 0 Å². The zero-order chi connectivity index (χ0) is 21.7. The summed E-state index contributed by atoms with van der Waals surface area (Å²) in [6.45, 7) is 6.30. The molecule has 0 unspecified atom stereocenters. The molecule has 0 atom stereocenters. The summed E-state index contributed by atoms with van der Waals surface area (Å²) in [5.41, 5.74) is 1.26. The SMILES string of the molecule is CCNCCNc1c(C)cnc2c(NC(=O)c3ccccc3C(F)(F)F)cccc12. The molecule has 1 aromatic heterocycles. The van der Waals surface area contributed by atoms with Crippen molar-refractivity contribution in [1.82, 2.24) is 10.3 Å². The molecule has 0 aliphatic carbocycles. The number of hydrogen-bond donors (Lipinski definition) is 3. The van der Waals surface area contributed by atoms with Crippen LogP contribution in [0.4, 0.5) is 24.5 Å². The van der Waals surface area contributed by atoms with Crippen molar-refractivity contribution in [2.24, 2.45) is 0 Å². The fourth-order valence-electron chi connectivity index (χ4n) is 3.23. The molecule has 0 bridgehead atoms. The van der Waals surface area contributed by atoms with Crippen LogP contribution < -0.4 is 16.0 Å². The monoisotopic (exact) mass is 416 g/mol. The second kappa shape index (κ2) is 9.13. The molecule has 0 saturated carbocycles. The zero-order valence-electron chi connectivity index (χ0n) is 16.7. The molecule has 8 heteroatoms. The van der Waals surface area contributed by atoms with E-state index in [-0.39, 0.29) is 0 Å². The van der Waals surface area contributed by atoms with Gasteiger partial charge >= 0.3 is 6.18 Å². The third-order valence-corrected chi connectivity index (χ3v) is 4.67. The van der Waals surface area contributed by atoms with Crippen LogP contribution in [0.5, 0.6) is 0 Å². The molecule has 0 spiro atoms. The van der Waals surface area contributed by atoms with Gasteiger partial charge in [-0.05, 0) is 37.2 Å². The second-order valence-electron chi connectivity index (χ2n) is 6.80. The molecule has 158 valence electrons. The number of benzene rings is 2. The van der Waals surface area contributed by atoms with E-state index < -0.39 is 23.2 Å². The summed E-state index contributed by atoms with van der Waals surface area (Å²) < 4.78 is 39.8. The van der Waals surface area contributed by atoms with Crippen molar-refractivity contribution >= 4 is 28.2 Å². The highest BCUT2D eigenvalue weighted by atomic mass is 19.4. The number of amides is 1. The number of alkyl halides is 3. The van der Waals surface area contributed by atoms with E-state index in [2.05, 4.69) is 20.9 Å². The van der Waals surface area contributed by atoms with Gasteiger partial charge in [-0.2, -0.15) is 13.2 Å². The number of halogens is 3. The smallest absolute Gasteiger partial charge is 0.383 e. The third kappa shape index (κ3) is 4.71. The van der Waals surface area contributed by atoms with Gasteiger partial charge in [0, 0.05) is 30.4 Å². The summed E-state index contributed by atoms with van der Waals surface area (Å²) in [4.78, 5) is 17.1. The molecule has 0 fully saturated rings. The number of likely N-dealkylation sites (N-methyl/N-ethyl adjacent to an activating group) is 1. The van der Waals surface area contributed by atoms with E-state index in [9.17, 15) is 18.0 Å². The zero-order valence-corrected chi connectivity index (χ0v) is 16.7. The number of nitrogens with zero attached hydrogens (tertiary/aromatic N) is 1. The summed E-state index contributed by atoms with van der Waals surface area (Å²) in [5, 5.41) is 9.98. The number of anilines is 2. The summed E-state index contributed by atoms with van der Waals surface area (Å²) in [6, 6.07) is 9.95. The van der Waals surface area contributed by atoms with Gasteiger partial charge in [-0.3, -0.25) is 9.78 Å². The van der Waals surface area contributed by atoms with Gasteiger partial charge in [-0.1, -0.05) is 31.2 Å². The van der Waals surface area contributed by atoms with E-state index in [1.165, 1.54) is 12.1 Å². The topological polar surface area (TPSA) is 66.1 Å². The Balaban J connectivity index is 1.94. The fourth-order valence-corrected chi connectivity index (χ4v) is 3.23. The van der Waals surface area contributed by atoms with Crippen LogP contribution in [0.25, 0.3) is 10.9 Å². The molecule has 30 heavy (non-hydrogen) atoms. The van der Waals surface area contributed by atoms with Gasteiger partial charge in [0.2, 0.25) is 0 Å². The Labute approximate surface area is 172 Å². The maximum Gasteiger partial charge on any atom is 0.417 e. The fraction of sp³-hybridized carbons (Fsp3) is 0.273. The number of carbonyl (C=O) groups is 1. The second-order valence-corrected chi connectivity index (χ2v) is 6.80. The number of nitrogens with one attached hydrogen (secondary N) is 3. The Morgan fingerprint density at radius 2 is 1.83 bits per heavy atom. The lowest BCUT2D eigenvalue weighted by molar-refractivity contribution is -0.137. The van der Waals surface area contributed by atoms with Crippen LogP contribution >= 0.6 is 0 Å². The minimum absolute atomic E-state index is 0.351. The lowest BCUT2D eigenvalue weighted by Crippen LogP contribution is -2.22. The molecule has 1 heterocycles. The number of fused-ring (bicyclic) bond motifs is 1. The summed E-state index contributed by atoms with van der Waals surface area (Å²) in [5.74, 6) is -0.834. The minimum Gasteiger partial charge on any atom is -0.383 e. The van der Waals surface area contributed by atoms with Gasteiger partial charge in [0.05, 0.1) is 22.3 Å². The van der Waals surface area contributed by atoms with E-state index in [0.717, 1.165) is 41.9 Å². The number of hydrogen-bond acceptors (Lipinski definition) is 4. The normalized spacial score (nSPS) is 11.5. The Morgan fingerprint density at radius 3 is 2.57 bits per heavy atom. The highest BCUT2D eigenvalue weighted by Crippen LogP contribution is 2.33. The first-order valence-corrected chi connectivity index (χ1v) is 9.63. The van der Waals surface area contributed by atoms with Crippen molar-refractivity contribution < 1.29 is 18.0 Å². The molecule has 0 radical (unpaired) electrons. The van der Waals surface area contributed by atoms with Gasteiger partial charge in [0.1, 0.15) is 0 Å². The standard InChI is InChI=1S/C22H23F3N4O/c1-3-26-11-12-27-19-14(2)13-28-20-16(19)8-6-10-18(20)29-21(30)15-7-4-5-9-17(15)22(23,24)25/h4-10,13,26H,3,11-12H2,1-2H3,(H,27,28)(H,29,30). The van der Waals surface area contributed by atoms with Crippen LogP contribution in [0.3, 0.4) is 0 Å². The molecule has 3 N–H and O–H groups in total. The summed E-state index contributed by atoms with van der Waals surface area (Å²) in [7, 11) is 0. The maximum atomic E-state index is 13.3. The lowest BCUT2D eigenvalue weighted by Gasteiger charge is -2.16. The first kappa shape index (κ1) is 21.6. The molecule has 3 rings (SSSR count). The van der Waals surface area contributed by atoms with E-state index in [1.54, 1.807) is 18.3 Å². The van der Waals surface area contributed by atoms with Gasteiger partial charge in [-0.15, -0.1) is 0 Å². The number of rotatable bonds is 7. The quantitative estimate of drug-likeness (QED) is 0.483. The molecular formula is C22H23F3N4O. The van der Waals surface area contributed by atoms with Gasteiger partial charge < -0.3 is 16.0 Å². The first-order valence-electron chi connectivity index (χ1n) is 9.63.